The highest BCUT2D eigenvalue weighted by atomic mass is 16.6. The van der Waals surface area contributed by atoms with E-state index in [1.807, 2.05) is 0 Å². The molecule has 0 aromatic heterocycles. The van der Waals surface area contributed by atoms with Crippen molar-refractivity contribution in [2.24, 2.45) is 33.7 Å². The lowest BCUT2D eigenvalue weighted by atomic mass is 9.47. The van der Waals surface area contributed by atoms with Crippen LogP contribution in [0.2, 0.25) is 0 Å². The van der Waals surface area contributed by atoms with Gasteiger partial charge in [-0.15, -0.1) is 0 Å². The van der Waals surface area contributed by atoms with Crippen LogP contribution < -0.4 is 0 Å². The van der Waals surface area contributed by atoms with E-state index in [1.165, 1.54) is 38.5 Å². The largest absolute Gasteiger partial charge is 0.399 e. The summed E-state index contributed by atoms with van der Waals surface area (Å²) in [7, 11) is 1.66. The first-order chi connectivity index (χ1) is 10.6. The first-order valence-electron chi connectivity index (χ1n) is 9.06. The van der Waals surface area contributed by atoms with Crippen molar-refractivity contribution in [2.75, 3.05) is 7.11 Å². The lowest BCUT2D eigenvalue weighted by Crippen LogP contribution is -2.49. The molecule has 120 valence electrons. The summed E-state index contributed by atoms with van der Waals surface area (Å²) >= 11 is 0. The van der Waals surface area contributed by atoms with Gasteiger partial charge < -0.3 is 4.84 Å². The van der Waals surface area contributed by atoms with Crippen LogP contribution in [0, 0.1) is 28.6 Å². The zero-order valence-corrected chi connectivity index (χ0v) is 14.3. The molecule has 0 aromatic carbocycles. The SMILES string of the molecule is CO/N=C1\C=C2CC[C@H]3[C@@H]4CC=C[C@@]4(C)CC[C@@H]3[C@@]2(C)CC1. The molecule has 0 amide bonds. The van der Waals surface area contributed by atoms with Crippen LogP contribution in [0.25, 0.3) is 0 Å². The monoisotopic (exact) mass is 299 g/mol. The maximum atomic E-state index is 5.01. The molecule has 2 saturated carbocycles. The number of hydrogen-bond acceptors (Lipinski definition) is 2. The van der Waals surface area contributed by atoms with Gasteiger partial charge in [0, 0.05) is 0 Å². The van der Waals surface area contributed by atoms with Crippen LogP contribution in [0.4, 0.5) is 0 Å². The van der Waals surface area contributed by atoms with E-state index in [0.29, 0.717) is 10.8 Å². The molecule has 0 saturated heterocycles. The predicted molar refractivity (Wildman–Crippen MR) is 90.7 cm³/mol. The maximum Gasteiger partial charge on any atom is 0.106 e. The van der Waals surface area contributed by atoms with Gasteiger partial charge >= 0.3 is 0 Å². The highest BCUT2D eigenvalue weighted by molar-refractivity contribution is 5.96. The molecule has 5 atom stereocenters. The van der Waals surface area contributed by atoms with Crippen molar-refractivity contribution >= 4 is 5.71 Å². The second-order valence-corrected chi connectivity index (χ2v) is 8.45. The van der Waals surface area contributed by atoms with Crippen molar-refractivity contribution in [1.29, 1.82) is 0 Å². The van der Waals surface area contributed by atoms with Crippen LogP contribution in [0.5, 0.6) is 0 Å². The van der Waals surface area contributed by atoms with Crippen LogP contribution in [0.1, 0.15) is 58.8 Å². The molecular formula is C20H29NO. The standard InChI is InChI=1S/C20H29NO/c1-19-10-4-5-17(19)16-7-6-14-13-15(21-22-3)8-12-20(14,2)18(16)9-11-19/h4,10,13,16-18H,5-9,11-12H2,1-3H3/b21-15-/t16-,17-,18-,19-,20-/m0/s1. The van der Waals surface area contributed by atoms with E-state index in [4.69, 9.17) is 4.84 Å². The second-order valence-electron chi connectivity index (χ2n) is 8.45. The number of rotatable bonds is 1. The van der Waals surface area contributed by atoms with Crippen LogP contribution in [-0.4, -0.2) is 12.8 Å². The molecule has 22 heavy (non-hydrogen) atoms. The summed E-state index contributed by atoms with van der Waals surface area (Å²) in [6, 6.07) is 0. The van der Waals surface area contributed by atoms with E-state index < -0.39 is 0 Å². The van der Waals surface area contributed by atoms with Gasteiger partial charge in [0.2, 0.25) is 0 Å². The molecule has 0 aromatic rings. The molecule has 2 fully saturated rings. The number of oxime groups is 1. The third kappa shape index (κ3) is 1.95. The smallest absolute Gasteiger partial charge is 0.106 e. The molecule has 0 radical (unpaired) electrons. The zero-order chi connectivity index (χ0) is 15.4. The van der Waals surface area contributed by atoms with Crippen molar-refractivity contribution < 1.29 is 4.84 Å². The zero-order valence-electron chi connectivity index (χ0n) is 14.3. The molecule has 0 heterocycles. The molecule has 0 unspecified atom stereocenters. The average Bonchev–Trinajstić information content (AvgIpc) is 2.89. The van der Waals surface area contributed by atoms with E-state index in [-0.39, 0.29) is 0 Å². The quantitative estimate of drug-likeness (QED) is 0.486. The Hall–Kier alpha value is -1.05. The van der Waals surface area contributed by atoms with Gasteiger partial charge in [-0.25, -0.2) is 0 Å². The van der Waals surface area contributed by atoms with E-state index in [0.717, 1.165) is 29.9 Å². The topological polar surface area (TPSA) is 21.6 Å². The van der Waals surface area contributed by atoms with Gasteiger partial charge in [0.25, 0.3) is 0 Å². The Bertz CT molecular complexity index is 560. The van der Waals surface area contributed by atoms with Crippen LogP contribution in [-0.2, 0) is 4.84 Å². The molecule has 4 rings (SSSR count). The number of fused-ring (bicyclic) bond motifs is 5. The van der Waals surface area contributed by atoms with Crippen molar-refractivity contribution in [3.8, 4) is 0 Å². The average molecular weight is 299 g/mol. The Labute approximate surface area is 134 Å². The first-order valence-corrected chi connectivity index (χ1v) is 9.06. The fourth-order valence-corrected chi connectivity index (χ4v) is 6.24. The Morgan fingerprint density at radius 2 is 2.00 bits per heavy atom. The lowest BCUT2D eigenvalue weighted by molar-refractivity contribution is -0.0221. The molecule has 4 aliphatic carbocycles. The molecule has 0 N–H and O–H groups in total. The second kappa shape index (κ2) is 4.97. The van der Waals surface area contributed by atoms with E-state index in [9.17, 15) is 0 Å². The van der Waals surface area contributed by atoms with Crippen LogP contribution in [0.3, 0.4) is 0 Å². The molecular weight excluding hydrogens is 270 g/mol. The predicted octanol–water partition coefficient (Wildman–Crippen LogP) is 5.12. The van der Waals surface area contributed by atoms with Gasteiger partial charge in [-0.2, -0.15) is 0 Å². The fraction of sp³-hybridized carbons (Fsp3) is 0.750. The summed E-state index contributed by atoms with van der Waals surface area (Å²) in [4.78, 5) is 5.01. The Morgan fingerprint density at radius 3 is 2.82 bits per heavy atom. The molecule has 2 heteroatoms. The summed E-state index contributed by atoms with van der Waals surface area (Å²) in [5, 5.41) is 4.20. The minimum absolute atomic E-state index is 0.416. The van der Waals surface area contributed by atoms with Crippen molar-refractivity contribution in [3.05, 3.63) is 23.8 Å². The van der Waals surface area contributed by atoms with E-state index in [2.05, 4.69) is 37.2 Å². The highest BCUT2D eigenvalue weighted by Gasteiger charge is 2.54. The first kappa shape index (κ1) is 14.5. The van der Waals surface area contributed by atoms with Crippen LogP contribution in [0.15, 0.2) is 29.0 Å². The molecule has 0 bridgehead atoms. The van der Waals surface area contributed by atoms with Crippen LogP contribution >= 0.6 is 0 Å². The normalized spacial score (nSPS) is 48.4. The van der Waals surface area contributed by atoms with Gasteiger partial charge in [-0.3, -0.25) is 0 Å². The maximum absolute atomic E-state index is 5.01. The van der Waals surface area contributed by atoms with Gasteiger partial charge in [0.1, 0.15) is 7.11 Å². The molecule has 0 spiro atoms. The molecule has 2 nitrogen and oxygen atoms in total. The Balaban J connectivity index is 1.65. The number of allylic oxidation sites excluding steroid dienone is 4. The summed E-state index contributed by atoms with van der Waals surface area (Å²) in [6.07, 6.45) is 16.5. The third-order valence-corrected chi connectivity index (χ3v) is 7.51. The van der Waals surface area contributed by atoms with E-state index >= 15 is 0 Å². The van der Waals surface area contributed by atoms with E-state index in [1.54, 1.807) is 12.7 Å². The summed E-state index contributed by atoms with van der Waals surface area (Å²) in [5.74, 6) is 2.71. The number of nitrogens with zero attached hydrogens (tertiary/aromatic N) is 1. The van der Waals surface area contributed by atoms with Crippen molar-refractivity contribution in [3.63, 3.8) is 0 Å². The van der Waals surface area contributed by atoms with Crippen molar-refractivity contribution in [1.82, 2.24) is 0 Å². The van der Waals surface area contributed by atoms with Gasteiger partial charge in [-0.1, -0.05) is 36.7 Å². The van der Waals surface area contributed by atoms with Gasteiger partial charge in [0.05, 0.1) is 5.71 Å². The molecule has 0 aliphatic heterocycles. The lowest BCUT2D eigenvalue weighted by Gasteiger charge is -2.57. The molecule has 4 aliphatic rings. The highest BCUT2D eigenvalue weighted by Crippen LogP contribution is 2.63. The minimum Gasteiger partial charge on any atom is -0.399 e. The van der Waals surface area contributed by atoms with Gasteiger partial charge in [-0.05, 0) is 79.6 Å². The summed E-state index contributed by atoms with van der Waals surface area (Å²) < 4.78 is 0. The fourth-order valence-electron chi connectivity index (χ4n) is 6.24. The Kier molecular flexibility index (Phi) is 3.29. The number of hydrogen-bond donors (Lipinski definition) is 0. The minimum atomic E-state index is 0.416. The van der Waals surface area contributed by atoms with Crippen molar-refractivity contribution in [2.45, 2.75) is 58.8 Å². The Morgan fingerprint density at radius 1 is 1.14 bits per heavy atom. The summed E-state index contributed by atoms with van der Waals surface area (Å²) in [6.45, 7) is 5.06. The summed E-state index contributed by atoms with van der Waals surface area (Å²) in [5.41, 5.74) is 3.72. The third-order valence-electron chi connectivity index (χ3n) is 7.51. The van der Waals surface area contributed by atoms with Gasteiger partial charge in [0.15, 0.2) is 0 Å².